The Morgan fingerprint density at radius 1 is 1.35 bits per heavy atom. The molecule has 17 heavy (non-hydrogen) atoms. The number of rotatable bonds is 2. The molecule has 0 aliphatic carbocycles. The van der Waals surface area contributed by atoms with Gasteiger partial charge in [-0.1, -0.05) is 19.9 Å². The van der Waals surface area contributed by atoms with Crippen molar-refractivity contribution in [1.82, 2.24) is 5.32 Å². The Hall–Kier alpha value is -1.02. The summed E-state index contributed by atoms with van der Waals surface area (Å²) in [4.78, 5) is 0. The van der Waals surface area contributed by atoms with Crippen molar-refractivity contribution in [3.63, 3.8) is 0 Å². The first-order chi connectivity index (χ1) is 8.24. The highest BCUT2D eigenvalue weighted by Crippen LogP contribution is 2.24. The van der Waals surface area contributed by atoms with Crippen LogP contribution in [0.2, 0.25) is 0 Å². The van der Waals surface area contributed by atoms with Crippen molar-refractivity contribution in [1.29, 1.82) is 0 Å². The monoisotopic (exact) mass is 233 g/mol. The fourth-order valence-corrected chi connectivity index (χ4v) is 2.71. The molecule has 0 amide bonds. The summed E-state index contributed by atoms with van der Waals surface area (Å²) in [7, 11) is 1.73. The van der Waals surface area contributed by atoms with Crippen molar-refractivity contribution >= 4 is 0 Å². The van der Waals surface area contributed by atoms with Gasteiger partial charge in [0, 0.05) is 12.6 Å². The first kappa shape index (κ1) is 12.4. The van der Waals surface area contributed by atoms with Crippen LogP contribution in [0.3, 0.4) is 0 Å². The number of methoxy groups -OCH3 is 1. The maximum atomic E-state index is 5.30. The van der Waals surface area contributed by atoms with Crippen LogP contribution in [0, 0.1) is 5.92 Å². The van der Waals surface area contributed by atoms with E-state index in [-0.39, 0.29) is 0 Å². The molecular weight excluding hydrogens is 210 g/mol. The smallest absolute Gasteiger partial charge is 0.119 e. The summed E-state index contributed by atoms with van der Waals surface area (Å²) in [6.45, 7) is 5.59. The lowest BCUT2D eigenvalue weighted by molar-refractivity contribution is 0.337. The number of nitrogens with one attached hydrogen (secondary N) is 1. The summed E-state index contributed by atoms with van der Waals surface area (Å²) in [5, 5.41) is 3.67. The van der Waals surface area contributed by atoms with Gasteiger partial charge in [-0.15, -0.1) is 0 Å². The van der Waals surface area contributed by atoms with Gasteiger partial charge in [-0.3, -0.25) is 0 Å². The molecule has 0 saturated heterocycles. The van der Waals surface area contributed by atoms with Crippen molar-refractivity contribution in [2.45, 2.75) is 45.7 Å². The molecule has 94 valence electrons. The minimum Gasteiger partial charge on any atom is -0.497 e. The number of hydrogen-bond acceptors (Lipinski definition) is 2. The van der Waals surface area contributed by atoms with Crippen LogP contribution in [-0.2, 0) is 13.0 Å². The SMILES string of the molecule is CCC1NCc2cc(OC)ccc2CCC1C. The summed E-state index contributed by atoms with van der Waals surface area (Å²) in [5.41, 5.74) is 2.87. The van der Waals surface area contributed by atoms with Gasteiger partial charge >= 0.3 is 0 Å². The normalized spacial score (nSPS) is 24.6. The minimum atomic E-state index is 0.648. The second kappa shape index (κ2) is 5.54. The van der Waals surface area contributed by atoms with Gasteiger partial charge in [-0.05, 0) is 48.4 Å². The maximum Gasteiger partial charge on any atom is 0.119 e. The van der Waals surface area contributed by atoms with Gasteiger partial charge in [0.1, 0.15) is 5.75 Å². The van der Waals surface area contributed by atoms with E-state index in [9.17, 15) is 0 Å². The van der Waals surface area contributed by atoms with Crippen LogP contribution in [-0.4, -0.2) is 13.2 Å². The van der Waals surface area contributed by atoms with E-state index in [2.05, 4.69) is 37.4 Å². The molecule has 2 unspecified atom stereocenters. The minimum absolute atomic E-state index is 0.648. The molecule has 0 spiro atoms. The Bertz CT molecular complexity index is 375. The first-order valence-electron chi connectivity index (χ1n) is 6.63. The van der Waals surface area contributed by atoms with Crippen molar-refractivity contribution < 1.29 is 4.74 Å². The van der Waals surface area contributed by atoms with Gasteiger partial charge in [0.25, 0.3) is 0 Å². The zero-order valence-electron chi connectivity index (χ0n) is 11.1. The Morgan fingerprint density at radius 2 is 2.18 bits per heavy atom. The van der Waals surface area contributed by atoms with Crippen LogP contribution >= 0.6 is 0 Å². The zero-order valence-corrected chi connectivity index (χ0v) is 11.1. The highest BCUT2D eigenvalue weighted by atomic mass is 16.5. The van der Waals surface area contributed by atoms with E-state index in [0.29, 0.717) is 6.04 Å². The molecule has 0 bridgehead atoms. The Labute approximate surface area is 104 Å². The fraction of sp³-hybridized carbons (Fsp3) is 0.600. The lowest BCUT2D eigenvalue weighted by Crippen LogP contribution is -2.35. The summed E-state index contributed by atoms with van der Waals surface area (Å²) in [6, 6.07) is 7.11. The van der Waals surface area contributed by atoms with Crippen molar-refractivity contribution in [2.75, 3.05) is 7.11 Å². The first-order valence-corrected chi connectivity index (χ1v) is 6.63. The molecule has 1 aliphatic rings. The number of fused-ring (bicyclic) bond motifs is 1. The van der Waals surface area contributed by atoms with Crippen LogP contribution in [0.1, 0.15) is 37.8 Å². The summed E-state index contributed by atoms with van der Waals surface area (Å²) in [6.07, 6.45) is 3.67. The third kappa shape index (κ3) is 2.81. The third-order valence-electron chi connectivity index (χ3n) is 3.96. The Kier molecular flexibility index (Phi) is 4.06. The summed E-state index contributed by atoms with van der Waals surface area (Å²) in [5.74, 6) is 1.72. The quantitative estimate of drug-likeness (QED) is 0.847. The molecule has 1 aliphatic heterocycles. The van der Waals surface area contributed by atoms with Crippen LogP contribution < -0.4 is 10.1 Å². The van der Waals surface area contributed by atoms with Crippen LogP contribution in [0.5, 0.6) is 5.75 Å². The van der Waals surface area contributed by atoms with E-state index < -0.39 is 0 Å². The maximum absolute atomic E-state index is 5.30. The van der Waals surface area contributed by atoms with Crippen LogP contribution in [0.4, 0.5) is 0 Å². The van der Waals surface area contributed by atoms with E-state index in [0.717, 1.165) is 18.2 Å². The summed E-state index contributed by atoms with van der Waals surface area (Å²) < 4.78 is 5.30. The molecule has 1 aromatic carbocycles. The van der Waals surface area contributed by atoms with Crippen molar-refractivity contribution in [3.05, 3.63) is 29.3 Å². The molecule has 0 fully saturated rings. The van der Waals surface area contributed by atoms with Crippen molar-refractivity contribution in [2.24, 2.45) is 5.92 Å². The molecule has 0 aromatic heterocycles. The Morgan fingerprint density at radius 3 is 2.88 bits per heavy atom. The van der Waals surface area contributed by atoms with Gasteiger partial charge in [0.05, 0.1) is 7.11 Å². The standard InChI is InChI=1S/C15H23NO/c1-4-15-11(2)5-6-12-7-8-14(17-3)9-13(12)10-16-15/h7-9,11,15-16H,4-6,10H2,1-3H3. The van der Waals surface area contributed by atoms with Gasteiger partial charge in [-0.2, -0.15) is 0 Å². The highest BCUT2D eigenvalue weighted by molar-refractivity contribution is 5.36. The topological polar surface area (TPSA) is 21.3 Å². The zero-order chi connectivity index (χ0) is 12.3. The number of benzene rings is 1. The lowest BCUT2D eigenvalue weighted by atomic mass is 9.89. The highest BCUT2D eigenvalue weighted by Gasteiger charge is 2.19. The van der Waals surface area contributed by atoms with Gasteiger partial charge < -0.3 is 10.1 Å². The molecule has 1 heterocycles. The van der Waals surface area contributed by atoms with Crippen molar-refractivity contribution in [3.8, 4) is 5.75 Å². The molecule has 1 N–H and O–H groups in total. The molecule has 0 radical (unpaired) electrons. The average Bonchev–Trinajstić information content (AvgIpc) is 2.35. The molecule has 2 rings (SSSR count). The molecule has 2 nitrogen and oxygen atoms in total. The second-order valence-corrected chi connectivity index (χ2v) is 5.05. The average molecular weight is 233 g/mol. The Balaban J connectivity index is 2.21. The predicted octanol–water partition coefficient (Wildman–Crippen LogP) is 3.15. The molecular formula is C15H23NO. The van der Waals surface area contributed by atoms with Gasteiger partial charge in [-0.25, -0.2) is 0 Å². The lowest BCUT2D eigenvalue weighted by Gasteiger charge is -2.28. The number of hydrogen-bond donors (Lipinski definition) is 1. The van der Waals surface area contributed by atoms with E-state index in [1.807, 2.05) is 0 Å². The molecule has 2 heteroatoms. The van der Waals surface area contributed by atoms with E-state index >= 15 is 0 Å². The van der Waals surface area contributed by atoms with Crippen LogP contribution in [0.15, 0.2) is 18.2 Å². The van der Waals surface area contributed by atoms with E-state index in [4.69, 9.17) is 4.74 Å². The third-order valence-corrected chi connectivity index (χ3v) is 3.96. The van der Waals surface area contributed by atoms with Crippen LogP contribution in [0.25, 0.3) is 0 Å². The second-order valence-electron chi connectivity index (χ2n) is 5.05. The largest absolute Gasteiger partial charge is 0.497 e. The molecule has 0 saturated carbocycles. The number of ether oxygens (including phenoxy) is 1. The number of aryl methyl sites for hydroxylation is 1. The van der Waals surface area contributed by atoms with E-state index in [1.165, 1.54) is 30.4 Å². The molecule has 2 atom stereocenters. The fourth-order valence-electron chi connectivity index (χ4n) is 2.71. The van der Waals surface area contributed by atoms with Gasteiger partial charge in [0.2, 0.25) is 0 Å². The predicted molar refractivity (Wildman–Crippen MR) is 71.4 cm³/mol. The van der Waals surface area contributed by atoms with E-state index in [1.54, 1.807) is 7.11 Å². The van der Waals surface area contributed by atoms with Gasteiger partial charge in [0.15, 0.2) is 0 Å². The summed E-state index contributed by atoms with van der Waals surface area (Å²) >= 11 is 0. The molecule has 1 aromatic rings.